The van der Waals surface area contributed by atoms with Crippen LogP contribution < -0.4 is 5.32 Å². The highest BCUT2D eigenvalue weighted by Crippen LogP contribution is 2.41. The van der Waals surface area contributed by atoms with Gasteiger partial charge in [0.05, 0.1) is 17.0 Å². The fraction of sp³-hybridized carbons (Fsp3) is 0.364. The Morgan fingerprint density at radius 1 is 1.33 bits per heavy atom. The number of thioether (sulfide) groups is 1. The van der Waals surface area contributed by atoms with Crippen molar-refractivity contribution in [2.24, 2.45) is 0 Å². The van der Waals surface area contributed by atoms with Gasteiger partial charge in [0.1, 0.15) is 11.0 Å². The second-order valence-corrected chi connectivity index (χ2v) is 9.85. The van der Waals surface area contributed by atoms with Gasteiger partial charge in [-0.15, -0.1) is 23.1 Å². The van der Waals surface area contributed by atoms with Crippen LogP contribution in [0.4, 0.5) is 5.69 Å². The van der Waals surface area contributed by atoms with E-state index in [0.717, 1.165) is 22.9 Å². The summed E-state index contributed by atoms with van der Waals surface area (Å²) in [6.45, 7) is 6.33. The van der Waals surface area contributed by atoms with E-state index in [-0.39, 0.29) is 11.3 Å². The fourth-order valence-electron chi connectivity index (χ4n) is 2.78. The summed E-state index contributed by atoms with van der Waals surface area (Å²) in [7, 11) is 0. The summed E-state index contributed by atoms with van der Waals surface area (Å²) < 4.78 is 5.01. The lowest BCUT2D eigenvalue weighted by atomic mass is 10.1. The third-order valence-corrected chi connectivity index (χ3v) is 6.94. The van der Waals surface area contributed by atoms with Gasteiger partial charge >= 0.3 is 5.97 Å². The zero-order valence-electron chi connectivity index (χ0n) is 17.1. The number of anilines is 1. The van der Waals surface area contributed by atoms with E-state index in [2.05, 4.69) is 28.1 Å². The van der Waals surface area contributed by atoms with E-state index in [4.69, 9.17) is 17.0 Å². The van der Waals surface area contributed by atoms with Crippen molar-refractivity contribution in [3.05, 3.63) is 51.7 Å². The summed E-state index contributed by atoms with van der Waals surface area (Å²) in [5.74, 6) is 6.55. The topological polar surface area (TPSA) is 61.8 Å². The molecule has 1 aliphatic rings. The van der Waals surface area contributed by atoms with Crippen molar-refractivity contribution in [1.29, 1.82) is 0 Å². The Morgan fingerprint density at radius 3 is 2.73 bits per heavy atom. The lowest BCUT2D eigenvalue weighted by Gasteiger charge is -2.26. The Balaban J connectivity index is 1.67. The maximum atomic E-state index is 11.8. The molecule has 8 heteroatoms. The first-order valence-electron chi connectivity index (χ1n) is 9.58. The van der Waals surface area contributed by atoms with Crippen molar-refractivity contribution in [2.75, 3.05) is 24.2 Å². The van der Waals surface area contributed by atoms with Gasteiger partial charge in [0.15, 0.2) is 5.11 Å². The normalized spacial score (nSPS) is 16.0. The van der Waals surface area contributed by atoms with Crippen LogP contribution >= 0.6 is 35.3 Å². The van der Waals surface area contributed by atoms with Gasteiger partial charge in [-0.25, -0.2) is 4.79 Å². The number of thiophene rings is 1. The van der Waals surface area contributed by atoms with Gasteiger partial charge < -0.3 is 20.1 Å². The molecule has 5 nitrogen and oxygen atoms in total. The average molecular weight is 461 g/mol. The number of rotatable bonds is 4. The van der Waals surface area contributed by atoms with Gasteiger partial charge in [-0.1, -0.05) is 11.8 Å². The summed E-state index contributed by atoms with van der Waals surface area (Å²) in [6.07, 6.45) is 0. The first-order valence-corrected chi connectivity index (χ1v) is 11.9. The van der Waals surface area contributed by atoms with E-state index >= 15 is 0 Å². The lowest BCUT2D eigenvalue weighted by Crippen LogP contribution is -2.33. The maximum absolute atomic E-state index is 11.8. The molecule has 2 heterocycles. The minimum atomic E-state index is -1.01. The molecule has 1 fully saturated rings. The summed E-state index contributed by atoms with van der Waals surface area (Å²) >= 11 is 9.12. The molecule has 1 aliphatic heterocycles. The van der Waals surface area contributed by atoms with Crippen molar-refractivity contribution in [1.82, 2.24) is 4.90 Å². The minimum Gasteiger partial charge on any atom is -0.462 e. The van der Waals surface area contributed by atoms with E-state index in [1.54, 1.807) is 44.2 Å². The number of ether oxygens (including phenoxy) is 1. The highest BCUT2D eigenvalue weighted by molar-refractivity contribution is 7.99. The molecule has 1 aromatic carbocycles. The molecule has 0 bridgehead atoms. The van der Waals surface area contributed by atoms with Crippen LogP contribution in [0.5, 0.6) is 0 Å². The largest absolute Gasteiger partial charge is 0.462 e. The predicted octanol–water partition coefficient (Wildman–Crippen LogP) is 4.49. The quantitative estimate of drug-likeness (QED) is 0.396. The number of aliphatic hydroxyl groups is 1. The van der Waals surface area contributed by atoms with Crippen LogP contribution in [-0.2, 0) is 4.74 Å². The predicted molar refractivity (Wildman–Crippen MR) is 128 cm³/mol. The number of nitrogens with zero attached hydrogens (tertiary/aromatic N) is 1. The number of esters is 1. The van der Waals surface area contributed by atoms with Crippen LogP contribution in [0.2, 0.25) is 0 Å². The van der Waals surface area contributed by atoms with Crippen molar-refractivity contribution in [3.63, 3.8) is 0 Å². The van der Waals surface area contributed by atoms with Crippen LogP contribution in [0.1, 0.15) is 46.3 Å². The van der Waals surface area contributed by atoms with Gasteiger partial charge in [-0.3, -0.25) is 0 Å². The first-order chi connectivity index (χ1) is 14.3. The Morgan fingerprint density at radius 2 is 2.07 bits per heavy atom. The molecule has 2 N–H and O–H groups in total. The molecule has 1 aromatic heterocycles. The molecule has 0 spiro atoms. The number of hydrogen-bond acceptors (Lipinski definition) is 6. The Kier molecular flexibility index (Phi) is 7.42. The van der Waals surface area contributed by atoms with Gasteiger partial charge in [-0.05, 0) is 69.4 Å². The number of nitrogens with one attached hydrogen (secondary N) is 1. The van der Waals surface area contributed by atoms with Gasteiger partial charge in [0.25, 0.3) is 0 Å². The molecule has 30 heavy (non-hydrogen) atoms. The molecule has 0 saturated carbocycles. The summed E-state index contributed by atoms with van der Waals surface area (Å²) in [6, 6.07) is 11.2. The van der Waals surface area contributed by atoms with Gasteiger partial charge in [-0.2, -0.15) is 0 Å². The van der Waals surface area contributed by atoms with Crippen LogP contribution in [-0.4, -0.2) is 45.6 Å². The molecule has 0 unspecified atom stereocenters. The van der Waals surface area contributed by atoms with Gasteiger partial charge in [0.2, 0.25) is 0 Å². The fourth-order valence-corrected chi connectivity index (χ4v) is 5.53. The molecule has 158 valence electrons. The number of thiocarbonyl (C=S) groups is 1. The van der Waals surface area contributed by atoms with Crippen LogP contribution in [0, 0.1) is 11.8 Å². The summed E-state index contributed by atoms with van der Waals surface area (Å²) in [4.78, 5) is 16.1. The second kappa shape index (κ2) is 9.84. The Bertz CT molecular complexity index is 968. The second-order valence-electron chi connectivity index (χ2n) is 7.16. The molecule has 0 amide bonds. The molecular formula is C22H24N2O3S3. The van der Waals surface area contributed by atoms with E-state index in [9.17, 15) is 9.90 Å². The van der Waals surface area contributed by atoms with E-state index in [1.165, 1.54) is 4.88 Å². The SMILES string of the molecule is CCOC(=O)c1ccc(NC(=S)N2CCS[C@@H]2c2ccc(C#CC(C)(C)O)s2)cc1. The number of carbonyl (C=O) groups excluding carboxylic acids is 1. The van der Waals surface area contributed by atoms with Crippen molar-refractivity contribution < 1.29 is 14.6 Å². The van der Waals surface area contributed by atoms with Crippen molar-refractivity contribution in [3.8, 4) is 11.8 Å². The van der Waals surface area contributed by atoms with E-state index < -0.39 is 5.60 Å². The maximum Gasteiger partial charge on any atom is 0.338 e. The van der Waals surface area contributed by atoms with E-state index in [1.807, 2.05) is 30.0 Å². The minimum absolute atomic E-state index is 0.131. The van der Waals surface area contributed by atoms with Crippen molar-refractivity contribution >= 4 is 52.1 Å². The van der Waals surface area contributed by atoms with Gasteiger partial charge in [0, 0.05) is 22.9 Å². The van der Waals surface area contributed by atoms with Crippen molar-refractivity contribution in [2.45, 2.75) is 31.7 Å². The standard InChI is InChI=1S/C22H24N2O3S3/c1-4-27-20(25)15-5-7-16(8-6-15)23-21(28)24-13-14-29-19(24)18-10-9-17(30-18)11-12-22(2,3)26/h5-10,19,26H,4,13-14H2,1-3H3,(H,23,28)/t19-/m1/s1. The molecule has 3 rings (SSSR count). The van der Waals surface area contributed by atoms with Crippen LogP contribution in [0.15, 0.2) is 36.4 Å². The van der Waals surface area contributed by atoms with E-state index in [0.29, 0.717) is 17.3 Å². The van der Waals surface area contributed by atoms with Crippen LogP contribution in [0.25, 0.3) is 0 Å². The molecular weight excluding hydrogens is 436 g/mol. The highest BCUT2D eigenvalue weighted by atomic mass is 32.2. The summed E-state index contributed by atoms with van der Waals surface area (Å²) in [5.41, 5.74) is 0.333. The monoisotopic (exact) mass is 460 g/mol. The Labute approximate surface area is 190 Å². The first kappa shape index (κ1) is 22.6. The third kappa shape index (κ3) is 5.99. The molecule has 1 saturated heterocycles. The molecule has 2 aromatic rings. The number of carbonyl (C=O) groups is 1. The third-order valence-electron chi connectivity index (χ3n) is 4.16. The Hall–Kier alpha value is -2.05. The molecule has 0 aliphatic carbocycles. The zero-order valence-corrected chi connectivity index (χ0v) is 19.5. The molecule has 0 radical (unpaired) electrons. The number of benzene rings is 1. The average Bonchev–Trinajstić information content (AvgIpc) is 3.36. The smallest absolute Gasteiger partial charge is 0.338 e. The highest BCUT2D eigenvalue weighted by Gasteiger charge is 2.30. The summed E-state index contributed by atoms with van der Waals surface area (Å²) in [5, 5.41) is 13.8. The lowest BCUT2D eigenvalue weighted by molar-refractivity contribution is 0.0526. The van der Waals surface area contributed by atoms with Crippen LogP contribution in [0.3, 0.4) is 0 Å². The number of hydrogen-bond donors (Lipinski definition) is 2. The zero-order chi connectivity index (χ0) is 21.7. The molecule has 1 atom stereocenters.